The summed E-state index contributed by atoms with van der Waals surface area (Å²) in [4.78, 5) is 0. The summed E-state index contributed by atoms with van der Waals surface area (Å²) in [5.74, 6) is 0.426. The molecule has 0 saturated carbocycles. The van der Waals surface area contributed by atoms with Crippen LogP contribution in [0.1, 0.15) is 78.6 Å². The van der Waals surface area contributed by atoms with E-state index in [0.29, 0.717) is 5.92 Å². The third kappa shape index (κ3) is 10.2. The Kier molecular flexibility index (Phi) is 10.4. The van der Waals surface area contributed by atoms with Crippen molar-refractivity contribution in [3.05, 3.63) is 0 Å². The Morgan fingerprint density at radius 3 is 1.73 bits per heavy atom. The first-order valence-electron chi connectivity index (χ1n) is 6.86. The van der Waals surface area contributed by atoms with Crippen LogP contribution in [-0.2, 0) is 0 Å². The molecular formula is C14H30O. The third-order valence-electron chi connectivity index (χ3n) is 3.12. The van der Waals surface area contributed by atoms with E-state index >= 15 is 0 Å². The van der Waals surface area contributed by atoms with Crippen molar-refractivity contribution >= 4 is 0 Å². The number of aliphatic hydroxyl groups excluding tert-OH is 1. The van der Waals surface area contributed by atoms with E-state index < -0.39 is 0 Å². The second kappa shape index (κ2) is 10.5. The summed E-state index contributed by atoms with van der Waals surface area (Å²) in [5, 5.41) is 9.60. The second-order valence-corrected chi connectivity index (χ2v) is 5.07. The van der Waals surface area contributed by atoms with Crippen LogP contribution in [0.2, 0.25) is 0 Å². The summed E-state index contributed by atoms with van der Waals surface area (Å²) < 4.78 is 0. The minimum Gasteiger partial charge on any atom is -0.393 e. The molecule has 0 aromatic heterocycles. The lowest BCUT2D eigenvalue weighted by molar-refractivity contribution is 0.113. The Bertz CT molecular complexity index is 121. The minimum absolute atomic E-state index is 0.0786. The zero-order valence-corrected chi connectivity index (χ0v) is 11.0. The maximum absolute atomic E-state index is 9.60. The average Bonchev–Trinajstić information content (AvgIpc) is 2.21. The smallest absolute Gasteiger partial charge is 0.0563 e. The Morgan fingerprint density at radius 2 is 1.27 bits per heavy atom. The highest BCUT2D eigenvalue weighted by atomic mass is 16.3. The molecule has 0 radical (unpaired) electrons. The molecule has 15 heavy (non-hydrogen) atoms. The molecular weight excluding hydrogens is 184 g/mol. The van der Waals surface area contributed by atoms with E-state index in [2.05, 4.69) is 20.8 Å². The van der Waals surface area contributed by atoms with Gasteiger partial charge in [-0.25, -0.2) is 0 Å². The highest BCUT2D eigenvalue weighted by Gasteiger charge is 2.07. The van der Waals surface area contributed by atoms with E-state index in [4.69, 9.17) is 0 Å². The second-order valence-electron chi connectivity index (χ2n) is 5.07. The van der Waals surface area contributed by atoms with Gasteiger partial charge in [0.25, 0.3) is 0 Å². The van der Waals surface area contributed by atoms with Gasteiger partial charge in [-0.1, -0.05) is 72.1 Å². The van der Waals surface area contributed by atoms with Gasteiger partial charge in [0.1, 0.15) is 0 Å². The monoisotopic (exact) mass is 214 g/mol. The van der Waals surface area contributed by atoms with Crippen LogP contribution in [0.3, 0.4) is 0 Å². The lowest BCUT2D eigenvalue weighted by Gasteiger charge is -2.13. The molecule has 0 aromatic carbocycles. The van der Waals surface area contributed by atoms with Gasteiger partial charge >= 0.3 is 0 Å². The lowest BCUT2D eigenvalue weighted by atomic mass is 10.00. The maximum atomic E-state index is 9.60. The van der Waals surface area contributed by atoms with Gasteiger partial charge in [0.05, 0.1) is 6.10 Å². The normalized spacial score (nSPS) is 13.4. The Balaban J connectivity index is 3.05. The summed E-state index contributed by atoms with van der Waals surface area (Å²) in [5.41, 5.74) is 0. The zero-order chi connectivity index (χ0) is 11.5. The van der Waals surface area contributed by atoms with Crippen molar-refractivity contribution in [2.24, 2.45) is 5.92 Å². The highest BCUT2D eigenvalue weighted by Crippen LogP contribution is 2.13. The molecule has 0 heterocycles. The minimum atomic E-state index is -0.0786. The topological polar surface area (TPSA) is 20.2 Å². The van der Waals surface area contributed by atoms with Gasteiger partial charge in [-0.3, -0.25) is 0 Å². The molecule has 0 aliphatic rings. The number of hydrogen-bond acceptors (Lipinski definition) is 1. The lowest BCUT2D eigenvalue weighted by Crippen LogP contribution is -2.13. The highest BCUT2D eigenvalue weighted by molar-refractivity contribution is 4.59. The molecule has 0 spiro atoms. The van der Waals surface area contributed by atoms with Crippen LogP contribution in [0.15, 0.2) is 0 Å². The van der Waals surface area contributed by atoms with Crippen LogP contribution in [0.25, 0.3) is 0 Å². The van der Waals surface area contributed by atoms with E-state index in [9.17, 15) is 5.11 Å². The molecule has 92 valence electrons. The van der Waals surface area contributed by atoms with Gasteiger partial charge in [-0.2, -0.15) is 0 Å². The van der Waals surface area contributed by atoms with Gasteiger partial charge < -0.3 is 5.11 Å². The van der Waals surface area contributed by atoms with E-state index in [1.165, 1.54) is 51.4 Å². The fourth-order valence-electron chi connectivity index (χ4n) is 1.82. The van der Waals surface area contributed by atoms with E-state index in [0.717, 1.165) is 6.42 Å². The molecule has 0 aromatic rings. The van der Waals surface area contributed by atoms with Gasteiger partial charge in [0.2, 0.25) is 0 Å². The Labute approximate surface area is 96.3 Å². The predicted octanol–water partition coefficient (Wildman–Crippen LogP) is 4.53. The summed E-state index contributed by atoms with van der Waals surface area (Å²) in [7, 11) is 0. The zero-order valence-electron chi connectivity index (χ0n) is 11.0. The molecule has 0 unspecified atom stereocenters. The fourth-order valence-corrected chi connectivity index (χ4v) is 1.82. The van der Waals surface area contributed by atoms with Crippen molar-refractivity contribution in [1.82, 2.24) is 0 Å². The van der Waals surface area contributed by atoms with Crippen LogP contribution in [0.4, 0.5) is 0 Å². The molecule has 1 heteroatoms. The van der Waals surface area contributed by atoms with Crippen molar-refractivity contribution in [3.8, 4) is 0 Å². The van der Waals surface area contributed by atoms with Crippen LogP contribution in [0, 0.1) is 5.92 Å². The first-order valence-corrected chi connectivity index (χ1v) is 6.86. The fraction of sp³-hybridized carbons (Fsp3) is 1.00. The van der Waals surface area contributed by atoms with Crippen molar-refractivity contribution in [1.29, 1.82) is 0 Å². The number of aliphatic hydroxyl groups is 1. The SMILES string of the molecule is CCCCCCCCCC[C@@H](O)C(C)C. The first kappa shape index (κ1) is 15.0. The molecule has 0 saturated heterocycles. The standard InChI is InChI=1S/C14H30O/c1-4-5-6-7-8-9-10-11-12-14(15)13(2)3/h13-15H,4-12H2,1-3H3/t14-/m1/s1. The van der Waals surface area contributed by atoms with Crippen LogP contribution in [-0.4, -0.2) is 11.2 Å². The molecule has 1 nitrogen and oxygen atoms in total. The Morgan fingerprint density at radius 1 is 0.800 bits per heavy atom. The largest absolute Gasteiger partial charge is 0.393 e. The van der Waals surface area contributed by atoms with Crippen molar-refractivity contribution < 1.29 is 5.11 Å². The van der Waals surface area contributed by atoms with Crippen molar-refractivity contribution in [2.45, 2.75) is 84.7 Å². The molecule has 0 bridgehead atoms. The van der Waals surface area contributed by atoms with Crippen molar-refractivity contribution in [3.63, 3.8) is 0 Å². The summed E-state index contributed by atoms with van der Waals surface area (Å²) in [6.45, 7) is 6.44. The summed E-state index contributed by atoms with van der Waals surface area (Å²) >= 11 is 0. The molecule has 0 fully saturated rings. The maximum Gasteiger partial charge on any atom is 0.0563 e. The molecule has 0 amide bonds. The van der Waals surface area contributed by atoms with Crippen molar-refractivity contribution in [2.75, 3.05) is 0 Å². The first-order chi connectivity index (χ1) is 7.18. The van der Waals surface area contributed by atoms with Gasteiger partial charge in [0.15, 0.2) is 0 Å². The van der Waals surface area contributed by atoms with E-state index in [1.54, 1.807) is 0 Å². The number of hydrogen-bond donors (Lipinski definition) is 1. The van der Waals surface area contributed by atoms with E-state index in [-0.39, 0.29) is 6.10 Å². The van der Waals surface area contributed by atoms with Crippen LogP contribution < -0.4 is 0 Å². The molecule has 1 N–H and O–H groups in total. The molecule has 0 rings (SSSR count). The van der Waals surface area contributed by atoms with Gasteiger partial charge in [-0.05, 0) is 12.3 Å². The van der Waals surface area contributed by atoms with Gasteiger partial charge in [0, 0.05) is 0 Å². The third-order valence-corrected chi connectivity index (χ3v) is 3.12. The summed E-state index contributed by atoms with van der Waals surface area (Å²) in [6.07, 6.45) is 11.7. The van der Waals surface area contributed by atoms with Crippen LogP contribution >= 0.6 is 0 Å². The average molecular weight is 214 g/mol. The molecule has 0 aliphatic carbocycles. The molecule has 1 atom stereocenters. The Hall–Kier alpha value is -0.0400. The van der Waals surface area contributed by atoms with E-state index in [1.807, 2.05) is 0 Å². The van der Waals surface area contributed by atoms with Crippen LogP contribution in [0.5, 0.6) is 0 Å². The molecule has 0 aliphatic heterocycles. The predicted molar refractivity (Wildman–Crippen MR) is 68.1 cm³/mol. The quantitative estimate of drug-likeness (QED) is 0.530. The van der Waals surface area contributed by atoms with Gasteiger partial charge in [-0.15, -0.1) is 0 Å². The number of rotatable bonds is 10. The number of unbranched alkanes of at least 4 members (excludes halogenated alkanes) is 7. The summed E-state index contributed by atoms with van der Waals surface area (Å²) in [6, 6.07) is 0.